The Morgan fingerprint density at radius 1 is 1.15 bits per heavy atom. The molecule has 3 fully saturated rings. The first kappa shape index (κ1) is 17.2. The summed E-state index contributed by atoms with van der Waals surface area (Å²) in [5, 5.41) is 0. The van der Waals surface area contributed by atoms with E-state index >= 15 is 0 Å². The summed E-state index contributed by atoms with van der Waals surface area (Å²) in [4.78, 5) is 39.8. The lowest BCUT2D eigenvalue weighted by Crippen LogP contribution is -2.48. The van der Waals surface area contributed by atoms with Gasteiger partial charge in [0.25, 0.3) is 5.91 Å². The van der Waals surface area contributed by atoms with Gasteiger partial charge < -0.3 is 19.4 Å². The highest BCUT2D eigenvalue weighted by atomic mass is 16.5. The minimum atomic E-state index is -0.307. The second-order valence-corrected chi connectivity index (χ2v) is 7.45. The predicted molar refractivity (Wildman–Crippen MR) is 94.9 cm³/mol. The van der Waals surface area contributed by atoms with Crippen LogP contribution in [-0.4, -0.2) is 84.6 Å². The van der Waals surface area contributed by atoms with E-state index in [4.69, 9.17) is 4.74 Å². The van der Waals surface area contributed by atoms with Crippen molar-refractivity contribution in [1.82, 2.24) is 19.8 Å². The van der Waals surface area contributed by atoms with Gasteiger partial charge in [0.1, 0.15) is 11.5 Å². The number of morpholine rings is 1. The third kappa shape index (κ3) is 3.02. The molecule has 4 rings (SSSR count). The van der Waals surface area contributed by atoms with Crippen LogP contribution in [0, 0.1) is 5.41 Å². The minimum Gasteiger partial charge on any atom is -0.378 e. The van der Waals surface area contributed by atoms with Crippen LogP contribution in [0.5, 0.6) is 0 Å². The lowest BCUT2D eigenvalue weighted by Gasteiger charge is -2.37. The first-order chi connectivity index (χ1) is 12.6. The third-order valence-corrected chi connectivity index (χ3v) is 5.77. The molecule has 3 aliphatic rings. The summed E-state index contributed by atoms with van der Waals surface area (Å²) in [5.74, 6) is 0.812. The Hall–Kier alpha value is -2.22. The van der Waals surface area contributed by atoms with Crippen LogP contribution in [0.1, 0.15) is 29.8 Å². The Bertz CT molecular complexity index is 706. The highest BCUT2D eigenvalue weighted by molar-refractivity contribution is 5.92. The standard InChI is InChI=1S/C18H25N5O3/c1-21-5-2-3-18(17(21)25)4-6-23(13-18)15-12-19-11-14(20-15)16(24)22-7-9-26-10-8-22/h11-12H,2-10,13H2,1H3/t18-/m1/s1. The van der Waals surface area contributed by atoms with Crippen LogP contribution >= 0.6 is 0 Å². The fourth-order valence-corrected chi connectivity index (χ4v) is 4.25. The number of hydrogen-bond donors (Lipinski definition) is 0. The number of ether oxygens (including phenoxy) is 1. The van der Waals surface area contributed by atoms with Crippen molar-refractivity contribution >= 4 is 17.6 Å². The molecule has 1 spiro atoms. The zero-order valence-electron chi connectivity index (χ0n) is 15.2. The van der Waals surface area contributed by atoms with E-state index in [0.29, 0.717) is 44.4 Å². The van der Waals surface area contributed by atoms with Crippen molar-refractivity contribution in [3.8, 4) is 0 Å². The van der Waals surface area contributed by atoms with E-state index in [-0.39, 0.29) is 17.2 Å². The van der Waals surface area contributed by atoms with E-state index in [9.17, 15) is 9.59 Å². The van der Waals surface area contributed by atoms with E-state index < -0.39 is 0 Å². The van der Waals surface area contributed by atoms with Gasteiger partial charge in [-0.3, -0.25) is 14.6 Å². The summed E-state index contributed by atoms with van der Waals surface area (Å²) in [7, 11) is 1.88. The lowest BCUT2D eigenvalue weighted by atomic mass is 9.78. The van der Waals surface area contributed by atoms with Crippen LogP contribution in [0.2, 0.25) is 0 Å². The van der Waals surface area contributed by atoms with Gasteiger partial charge in [-0.1, -0.05) is 0 Å². The molecule has 0 bridgehead atoms. The van der Waals surface area contributed by atoms with E-state index in [1.165, 1.54) is 6.20 Å². The number of piperidine rings is 1. The summed E-state index contributed by atoms with van der Waals surface area (Å²) in [6.45, 7) is 4.54. The van der Waals surface area contributed by atoms with E-state index in [2.05, 4.69) is 14.9 Å². The number of anilines is 1. The molecule has 0 saturated carbocycles. The van der Waals surface area contributed by atoms with Gasteiger partial charge in [-0.15, -0.1) is 0 Å². The number of aromatic nitrogens is 2. The number of carbonyl (C=O) groups excluding carboxylic acids is 2. The lowest BCUT2D eigenvalue weighted by molar-refractivity contribution is -0.143. The zero-order valence-corrected chi connectivity index (χ0v) is 15.2. The molecule has 0 radical (unpaired) electrons. The number of amides is 2. The molecule has 1 atom stereocenters. The largest absolute Gasteiger partial charge is 0.378 e. The van der Waals surface area contributed by atoms with Crippen molar-refractivity contribution in [2.75, 3.05) is 57.9 Å². The molecule has 3 saturated heterocycles. The molecule has 26 heavy (non-hydrogen) atoms. The number of rotatable bonds is 2. The summed E-state index contributed by atoms with van der Waals surface area (Å²) < 4.78 is 5.30. The van der Waals surface area contributed by atoms with Crippen molar-refractivity contribution in [3.63, 3.8) is 0 Å². The second kappa shape index (κ2) is 6.83. The number of carbonyl (C=O) groups is 2. The first-order valence-electron chi connectivity index (χ1n) is 9.29. The molecule has 8 nitrogen and oxygen atoms in total. The average Bonchev–Trinajstić information content (AvgIpc) is 3.11. The van der Waals surface area contributed by atoms with Crippen LogP contribution in [0.3, 0.4) is 0 Å². The average molecular weight is 359 g/mol. The zero-order chi connectivity index (χ0) is 18.1. The van der Waals surface area contributed by atoms with Crippen LogP contribution < -0.4 is 4.90 Å². The normalized spacial score (nSPS) is 26.7. The van der Waals surface area contributed by atoms with Crippen molar-refractivity contribution in [1.29, 1.82) is 0 Å². The van der Waals surface area contributed by atoms with Gasteiger partial charge in [-0.25, -0.2) is 4.98 Å². The van der Waals surface area contributed by atoms with Gasteiger partial charge in [-0.2, -0.15) is 0 Å². The topological polar surface area (TPSA) is 78.9 Å². The monoisotopic (exact) mass is 359 g/mol. The van der Waals surface area contributed by atoms with E-state index in [0.717, 1.165) is 32.4 Å². The SMILES string of the molecule is CN1CCC[C@]2(CCN(c3cncc(C(=O)N4CCOCC4)n3)C2)C1=O. The van der Waals surface area contributed by atoms with Crippen LogP contribution in [0.15, 0.2) is 12.4 Å². The Labute approximate surface area is 153 Å². The summed E-state index contributed by atoms with van der Waals surface area (Å²) in [5.41, 5.74) is 0.0521. The molecule has 2 amide bonds. The van der Waals surface area contributed by atoms with Gasteiger partial charge in [0, 0.05) is 39.8 Å². The second-order valence-electron chi connectivity index (χ2n) is 7.45. The maximum atomic E-state index is 12.7. The summed E-state index contributed by atoms with van der Waals surface area (Å²) >= 11 is 0. The number of likely N-dealkylation sites (tertiary alicyclic amines) is 1. The van der Waals surface area contributed by atoms with Crippen LogP contribution in [0.4, 0.5) is 5.82 Å². The number of nitrogens with zero attached hydrogens (tertiary/aromatic N) is 5. The van der Waals surface area contributed by atoms with Gasteiger partial charge >= 0.3 is 0 Å². The first-order valence-corrected chi connectivity index (χ1v) is 9.29. The molecule has 0 N–H and O–H groups in total. The smallest absolute Gasteiger partial charge is 0.274 e. The maximum absolute atomic E-state index is 12.7. The Kier molecular flexibility index (Phi) is 4.52. The minimum absolute atomic E-state index is 0.106. The van der Waals surface area contributed by atoms with Crippen molar-refractivity contribution < 1.29 is 14.3 Å². The highest BCUT2D eigenvalue weighted by Gasteiger charge is 2.47. The molecule has 0 aliphatic carbocycles. The molecular weight excluding hydrogens is 334 g/mol. The molecule has 4 heterocycles. The van der Waals surface area contributed by atoms with Gasteiger partial charge in [0.05, 0.1) is 31.0 Å². The van der Waals surface area contributed by atoms with Crippen LogP contribution in [-0.2, 0) is 9.53 Å². The molecule has 0 aromatic carbocycles. The summed E-state index contributed by atoms with van der Waals surface area (Å²) in [6, 6.07) is 0. The summed E-state index contributed by atoms with van der Waals surface area (Å²) in [6.07, 6.45) is 6.00. The van der Waals surface area contributed by atoms with E-state index in [1.54, 1.807) is 11.1 Å². The molecular formula is C18H25N5O3. The Balaban J connectivity index is 1.50. The number of hydrogen-bond acceptors (Lipinski definition) is 6. The van der Waals surface area contributed by atoms with Crippen molar-refractivity contribution in [3.05, 3.63) is 18.1 Å². The molecule has 8 heteroatoms. The molecule has 3 aliphatic heterocycles. The molecule has 1 aromatic rings. The van der Waals surface area contributed by atoms with E-state index in [1.807, 2.05) is 11.9 Å². The Morgan fingerprint density at radius 2 is 1.96 bits per heavy atom. The molecule has 1 aromatic heterocycles. The maximum Gasteiger partial charge on any atom is 0.274 e. The fourth-order valence-electron chi connectivity index (χ4n) is 4.25. The fraction of sp³-hybridized carbons (Fsp3) is 0.667. The van der Waals surface area contributed by atoms with Crippen molar-refractivity contribution in [2.24, 2.45) is 5.41 Å². The van der Waals surface area contributed by atoms with Gasteiger partial charge in [-0.05, 0) is 19.3 Å². The third-order valence-electron chi connectivity index (χ3n) is 5.77. The predicted octanol–water partition coefficient (Wildman–Crippen LogP) is 0.398. The quantitative estimate of drug-likeness (QED) is 0.760. The molecule has 140 valence electrons. The highest BCUT2D eigenvalue weighted by Crippen LogP contribution is 2.40. The Morgan fingerprint density at radius 3 is 2.77 bits per heavy atom. The van der Waals surface area contributed by atoms with Crippen LogP contribution in [0.25, 0.3) is 0 Å². The molecule has 0 unspecified atom stereocenters. The van der Waals surface area contributed by atoms with Gasteiger partial charge in [0.15, 0.2) is 0 Å². The van der Waals surface area contributed by atoms with Crippen molar-refractivity contribution in [2.45, 2.75) is 19.3 Å². The van der Waals surface area contributed by atoms with Gasteiger partial charge in [0.2, 0.25) is 5.91 Å².